The average Bonchev–Trinajstić information content (AvgIpc) is 2.66. The van der Waals surface area contributed by atoms with Crippen LogP contribution in [-0.4, -0.2) is 29.8 Å². The second-order valence-corrected chi connectivity index (χ2v) is 3.56. The van der Waals surface area contributed by atoms with E-state index in [1.54, 1.807) is 7.11 Å². The first-order chi connectivity index (χ1) is 7.38. The van der Waals surface area contributed by atoms with Crippen LogP contribution in [0.2, 0.25) is 0 Å². The Bertz CT molecular complexity index is 260. The third-order valence-corrected chi connectivity index (χ3v) is 2.25. The molecule has 0 fully saturated rings. The van der Waals surface area contributed by atoms with Gasteiger partial charge in [0, 0.05) is 32.7 Å². The van der Waals surface area contributed by atoms with Crippen molar-refractivity contribution in [2.75, 3.05) is 20.3 Å². The van der Waals surface area contributed by atoms with Crippen molar-refractivity contribution < 1.29 is 4.74 Å². The molecule has 1 aromatic heterocycles. The van der Waals surface area contributed by atoms with E-state index in [1.807, 2.05) is 12.4 Å². The summed E-state index contributed by atoms with van der Waals surface area (Å²) in [6, 6.07) is 0. The molecule has 0 aliphatic carbocycles. The summed E-state index contributed by atoms with van der Waals surface area (Å²) < 4.78 is 7.18. The van der Waals surface area contributed by atoms with E-state index in [0.717, 1.165) is 44.9 Å². The summed E-state index contributed by atoms with van der Waals surface area (Å²) in [6.07, 6.45) is 6.09. The van der Waals surface area contributed by atoms with Crippen molar-refractivity contribution in [3.8, 4) is 0 Å². The van der Waals surface area contributed by atoms with Gasteiger partial charge in [0.15, 0.2) is 0 Å². The van der Waals surface area contributed by atoms with Gasteiger partial charge < -0.3 is 14.6 Å². The van der Waals surface area contributed by atoms with Crippen LogP contribution < -0.4 is 5.32 Å². The fraction of sp³-hybridized carbons (Fsp3) is 0.727. The van der Waals surface area contributed by atoms with E-state index < -0.39 is 0 Å². The quantitative estimate of drug-likeness (QED) is 0.661. The van der Waals surface area contributed by atoms with Crippen LogP contribution in [0.3, 0.4) is 0 Å². The zero-order chi connectivity index (χ0) is 10.9. The highest BCUT2D eigenvalue weighted by Gasteiger charge is 2.00. The molecule has 15 heavy (non-hydrogen) atoms. The van der Waals surface area contributed by atoms with Crippen molar-refractivity contribution in [2.24, 2.45) is 0 Å². The van der Waals surface area contributed by atoms with Crippen LogP contribution in [0.25, 0.3) is 0 Å². The highest BCUT2D eigenvalue weighted by molar-refractivity contribution is 4.91. The first kappa shape index (κ1) is 12.2. The Morgan fingerprint density at radius 2 is 2.40 bits per heavy atom. The number of methoxy groups -OCH3 is 1. The Labute approximate surface area is 91.7 Å². The molecule has 0 amide bonds. The SMILES string of the molecule is CCCn1ccnc1CNCCCOC. The molecule has 1 heterocycles. The maximum atomic E-state index is 4.98. The van der Waals surface area contributed by atoms with Gasteiger partial charge in [-0.3, -0.25) is 0 Å². The van der Waals surface area contributed by atoms with E-state index >= 15 is 0 Å². The molecule has 0 saturated carbocycles. The maximum Gasteiger partial charge on any atom is 0.122 e. The van der Waals surface area contributed by atoms with Crippen LogP contribution in [0.4, 0.5) is 0 Å². The second kappa shape index (κ2) is 7.43. The largest absolute Gasteiger partial charge is 0.385 e. The minimum absolute atomic E-state index is 0.816. The molecule has 0 bridgehead atoms. The van der Waals surface area contributed by atoms with Crippen LogP contribution in [0, 0.1) is 0 Å². The van der Waals surface area contributed by atoms with Crippen molar-refractivity contribution in [3.05, 3.63) is 18.2 Å². The molecule has 0 aromatic carbocycles. The number of nitrogens with zero attached hydrogens (tertiary/aromatic N) is 2. The number of ether oxygens (including phenoxy) is 1. The number of nitrogens with one attached hydrogen (secondary N) is 1. The molecule has 1 rings (SSSR count). The third kappa shape index (κ3) is 4.44. The zero-order valence-electron chi connectivity index (χ0n) is 9.70. The number of imidazole rings is 1. The topological polar surface area (TPSA) is 39.1 Å². The van der Waals surface area contributed by atoms with Gasteiger partial charge in [-0.1, -0.05) is 6.92 Å². The standard InChI is InChI=1S/C11H21N3O/c1-3-7-14-8-6-13-11(14)10-12-5-4-9-15-2/h6,8,12H,3-5,7,9-10H2,1-2H3. The van der Waals surface area contributed by atoms with Crippen LogP contribution >= 0.6 is 0 Å². The van der Waals surface area contributed by atoms with Gasteiger partial charge in [-0.25, -0.2) is 4.98 Å². The monoisotopic (exact) mass is 211 g/mol. The minimum Gasteiger partial charge on any atom is -0.385 e. The molecule has 86 valence electrons. The van der Waals surface area contributed by atoms with E-state index in [0.29, 0.717) is 0 Å². The molecule has 4 nitrogen and oxygen atoms in total. The van der Waals surface area contributed by atoms with Gasteiger partial charge in [-0.2, -0.15) is 0 Å². The summed E-state index contributed by atoms with van der Waals surface area (Å²) in [4.78, 5) is 4.32. The lowest BCUT2D eigenvalue weighted by molar-refractivity contribution is 0.194. The third-order valence-electron chi connectivity index (χ3n) is 2.25. The maximum absolute atomic E-state index is 4.98. The van der Waals surface area contributed by atoms with Crippen molar-refractivity contribution in [2.45, 2.75) is 32.9 Å². The Morgan fingerprint density at radius 1 is 1.53 bits per heavy atom. The molecular formula is C11H21N3O. The van der Waals surface area contributed by atoms with Gasteiger partial charge in [-0.05, 0) is 19.4 Å². The van der Waals surface area contributed by atoms with Crippen molar-refractivity contribution in [3.63, 3.8) is 0 Å². The Balaban J connectivity index is 2.21. The summed E-state index contributed by atoms with van der Waals surface area (Å²) in [6.45, 7) is 5.87. The predicted molar refractivity (Wildman–Crippen MR) is 60.7 cm³/mol. The number of aromatic nitrogens is 2. The number of hydrogen-bond donors (Lipinski definition) is 1. The second-order valence-electron chi connectivity index (χ2n) is 3.56. The summed E-state index contributed by atoms with van der Waals surface area (Å²) in [5.41, 5.74) is 0. The minimum atomic E-state index is 0.816. The number of hydrogen-bond acceptors (Lipinski definition) is 3. The molecule has 0 spiro atoms. The lowest BCUT2D eigenvalue weighted by atomic mass is 10.4. The molecule has 0 unspecified atom stereocenters. The molecule has 0 radical (unpaired) electrons. The molecule has 1 aromatic rings. The number of rotatable bonds is 8. The highest BCUT2D eigenvalue weighted by atomic mass is 16.5. The van der Waals surface area contributed by atoms with Gasteiger partial charge in [0.2, 0.25) is 0 Å². The summed E-state index contributed by atoms with van der Waals surface area (Å²) in [7, 11) is 1.73. The van der Waals surface area contributed by atoms with Gasteiger partial charge in [0.05, 0.1) is 6.54 Å². The van der Waals surface area contributed by atoms with E-state index in [2.05, 4.69) is 21.8 Å². The smallest absolute Gasteiger partial charge is 0.122 e. The normalized spacial score (nSPS) is 10.8. The Kier molecular flexibility index (Phi) is 6.04. The zero-order valence-corrected chi connectivity index (χ0v) is 9.70. The first-order valence-electron chi connectivity index (χ1n) is 5.58. The van der Waals surface area contributed by atoms with E-state index in [9.17, 15) is 0 Å². The average molecular weight is 211 g/mol. The lowest BCUT2D eigenvalue weighted by Crippen LogP contribution is -2.19. The molecule has 4 heteroatoms. The number of aryl methyl sites for hydroxylation is 1. The highest BCUT2D eigenvalue weighted by Crippen LogP contribution is 1.98. The summed E-state index contributed by atoms with van der Waals surface area (Å²) in [5, 5.41) is 3.36. The van der Waals surface area contributed by atoms with Gasteiger partial charge in [-0.15, -0.1) is 0 Å². The van der Waals surface area contributed by atoms with E-state index in [-0.39, 0.29) is 0 Å². The van der Waals surface area contributed by atoms with Gasteiger partial charge in [0.1, 0.15) is 5.82 Å². The van der Waals surface area contributed by atoms with Crippen LogP contribution in [0.5, 0.6) is 0 Å². The fourth-order valence-electron chi connectivity index (χ4n) is 1.49. The summed E-state index contributed by atoms with van der Waals surface area (Å²) >= 11 is 0. The molecule has 1 N–H and O–H groups in total. The molecule has 0 atom stereocenters. The van der Waals surface area contributed by atoms with Gasteiger partial charge >= 0.3 is 0 Å². The van der Waals surface area contributed by atoms with Crippen LogP contribution in [0.15, 0.2) is 12.4 Å². The van der Waals surface area contributed by atoms with E-state index in [1.165, 1.54) is 0 Å². The van der Waals surface area contributed by atoms with Crippen LogP contribution in [-0.2, 0) is 17.8 Å². The summed E-state index contributed by atoms with van der Waals surface area (Å²) in [5.74, 6) is 1.12. The predicted octanol–water partition coefficient (Wildman–Crippen LogP) is 1.42. The molecular weight excluding hydrogens is 190 g/mol. The van der Waals surface area contributed by atoms with Crippen LogP contribution in [0.1, 0.15) is 25.6 Å². The molecule has 0 aliphatic heterocycles. The molecule has 0 aliphatic rings. The van der Waals surface area contributed by atoms with E-state index in [4.69, 9.17) is 4.74 Å². The lowest BCUT2D eigenvalue weighted by Gasteiger charge is -2.07. The van der Waals surface area contributed by atoms with Crippen molar-refractivity contribution in [1.29, 1.82) is 0 Å². The fourth-order valence-corrected chi connectivity index (χ4v) is 1.49. The first-order valence-corrected chi connectivity index (χ1v) is 5.58. The Hall–Kier alpha value is -0.870. The van der Waals surface area contributed by atoms with Crippen molar-refractivity contribution >= 4 is 0 Å². The molecule has 0 saturated heterocycles. The van der Waals surface area contributed by atoms with Gasteiger partial charge in [0.25, 0.3) is 0 Å². The Morgan fingerprint density at radius 3 is 3.13 bits per heavy atom. The van der Waals surface area contributed by atoms with Crippen molar-refractivity contribution in [1.82, 2.24) is 14.9 Å².